The summed E-state index contributed by atoms with van der Waals surface area (Å²) in [7, 11) is 0. The first-order valence-electron chi connectivity index (χ1n) is 8.18. The van der Waals surface area contributed by atoms with Crippen molar-refractivity contribution >= 4 is 33.4 Å². The Bertz CT molecular complexity index is 716. The summed E-state index contributed by atoms with van der Waals surface area (Å²) in [6, 6.07) is 15.5. The molecule has 1 amide bonds. The van der Waals surface area contributed by atoms with Crippen molar-refractivity contribution in [2.75, 3.05) is 19.6 Å². The minimum Gasteiger partial charge on any atom is -0.350 e. The molecule has 0 radical (unpaired) electrons. The van der Waals surface area contributed by atoms with Crippen LogP contribution in [0.15, 0.2) is 53.0 Å². The lowest BCUT2D eigenvalue weighted by Gasteiger charge is -2.29. The lowest BCUT2D eigenvalue weighted by molar-refractivity contribution is 0.0937. The standard InChI is InChI=1S/C19H20BrClN2O/c20-16-9-3-1-7-14(16)19(24)22-13-18(23-11-5-6-12-23)15-8-2-4-10-17(15)21/h1-4,7-10,18H,5-6,11-13H2,(H,22,24)/t18-/m1/s1. The molecule has 24 heavy (non-hydrogen) atoms. The van der Waals surface area contributed by atoms with Crippen molar-refractivity contribution in [1.82, 2.24) is 10.2 Å². The van der Waals surface area contributed by atoms with E-state index in [1.807, 2.05) is 42.5 Å². The number of benzene rings is 2. The highest BCUT2D eigenvalue weighted by molar-refractivity contribution is 9.10. The lowest BCUT2D eigenvalue weighted by Crippen LogP contribution is -2.37. The highest BCUT2D eigenvalue weighted by Gasteiger charge is 2.25. The fourth-order valence-electron chi connectivity index (χ4n) is 3.16. The van der Waals surface area contributed by atoms with E-state index in [1.54, 1.807) is 0 Å². The quantitative estimate of drug-likeness (QED) is 0.781. The smallest absolute Gasteiger partial charge is 0.252 e. The maximum atomic E-state index is 12.5. The fraction of sp³-hybridized carbons (Fsp3) is 0.316. The van der Waals surface area contributed by atoms with Crippen molar-refractivity contribution in [1.29, 1.82) is 0 Å². The van der Waals surface area contributed by atoms with Gasteiger partial charge in [-0.05, 0) is 65.6 Å². The molecule has 0 saturated carbocycles. The van der Waals surface area contributed by atoms with Crippen molar-refractivity contribution in [2.45, 2.75) is 18.9 Å². The largest absolute Gasteiger partial charge is 0.350 e. The summed E-state index contributed by atoms with van der Waals surface area (Å²) in [5, 5.41) is 3.83. The second-order valence-corrected chi connectivity index (χ2v) is 7.23. The Balaban J connectivity index is 1.76. The van der Waals surface area contributed by atoms with Gasteiger partial charge < -0.3 is 5.32 Å². The van der Waals surface area contributed by atoms with E-state index in [4.69, 9.17) is 11.6 Å². The molecule has 126 valence electrons. The second kappa shape index (κ2) is 8.15. The van der Waals surface area contributed by atoms with Gasteiger partial charge in [0.15, 0.2) is 0 Å². The average Bonchev–Trinajstić information content (AvgIpc) is 3.11. The SMILES string of the molecule is O=C(NC[C@H](c1ccccc1Cl)N1CCCC1)c1ccccc1Br. The number of rotatable bonds is 5. The van der Waals surface area contributed by atoms with Crippen molar-refractivity contribution in [3.8, 4) is 0 Å². The molecule has 1 aliphatic rings. The summed E-state index contributed by atoms with van der Waals surface area (Å²) in [5.74, 6) is -0.0706. The third kappa shape index (κ3) is 4.00. The number of hydrogen-bond donors (Lipinski definition) is 1. The van der Waals surface area contributed by atoms with E-state index in [2.05, 4.69) is 32.2 Å². The maximum absolute atomic E-state index is 12.5. The van der Waals surface area contributed by atoms with Crippen LogP contribution < -0.4 is 5.32 Å². The van der Waals surface area contributed by atoms with Crippen molar-refractivity contribution < 1.29 is 4.79 Å². The van der Waals surface area contributed by atoms with E-state index in [9.17, 15) is 4.79 Å². The molecule has 0 unspecified atom stereocenters. The summed E-state index contributed by atoms with van der Waals surface area (Å²) >= 11 is 9.84. The number of hydrogen-bond acceptors (Lipinski definition) is 2. The molecule has 1 fully saturated rings. The van der Waals surface area contributed by atoms with Gasteiger partial charge in [-0.25, -0.2) is 0 Å². The zero-order chi connectivity index (χ0) is 16.9. The van der Waals surface area contributed by atoms with Gasteiger partial charge in [-0.1, -0.05) is 41.9 Å². The maximum Gasteiger partial charge on any atom is 0.252 e. The molecular formula is C19H20BrClN2O. The van der Waals surface area contributed by atoms with Crippen LogP contribution in [-0.4, -0.2) is 30.4 Å². The number of nitrogens with zero attached hydrogens (tertiary/aromatic N) is 1. The van der Waals surface area contributed by atoms with E-state index in [0.29, 0.717) is 12.1 Å². The highest BCUT2D eigenvalue weighted by Crippen LogP contribution is 2.29. The molecule has 0 aliphatic carbocycles. The van der Waals surface area contributed by atoms with Gasteiger partial charge in [-0.2, -0.15) is 0 Å². The first kappa shape index (κ1) is 17.5. The van der Waals surface area contributed by atoms with E-state index in [-0.39, 0.29) is 11.9 Å². The zero-order valence-electron chi connectivity index (χ0n) is 13.3. The van der Waals surface area contributed by atoms with Crippen LogP contribution in [0.1, 0.15) is 34.8 Å². The molecule has 2 aromatic rings. The highest BCUT2D eigenvalue weighted by atomic mass is 79.9. The predicted molar refractivity (Wildman–Crippen MR) is 101 cm³/mol. The van der Waals surface area contributed by atoms with Gasteiger partial charge in [-0.3, -0.25) is 9.69 Å². The van der Waals surface area contributed by atoms with Crippen LogP contribution in [-0.2, 0) is 0 Å². The van der Waals surface area contributed by atoms with Crippen LogP contribution in [0.2, 0.25) is 5.02 Å². The van der Waals surface area contributed by atoms with Crippen LogP contribution in [0.3, 0.4) is 0 Å². The summed E-state index contributed by atoms with van der Waals surface area (Å²) in [4.78, 5) is 14.9. The number of carbonyl (C=O) groups is 1. The van der Waals surface area contributed by atoms with E-state index < -0.39 is 0 Å². The predicted octanol–water partition coefficient (Wildman–Crippen LogP) is 4.67. The summed E-state index contributed by atoms with van der Waals surface area (Å²) in [5.41, 5.74) is 1.73. The van der Waals surface area contributed by atoms with Crippen molar-refractivity contribution in [3.63, 3.8) is 0 Å². The van der Waals surface area contributed by atoms with Crippen LogP contribution in [0.25, 0.3) is 0 Å². The molecular weight excluding hydrogens is 388 g/mol. The van der Waals surface area contributed by atoms with Crippen LogP contribution in [0.5, 0.6) is 0 Å². The molecule has 0 bridgehead atoms. The summed E-state index contributed by atoms with van der Waals surface area (Å²) in [6.45, 7) is 2.63. The molecule has 0 spiro atoms. The molecule has 2 aromatic carbocycles. The Morgan fingerprint density at radius 2 is 1.79 bits per heavy atom. The third-order valence-corrected chi connectivity index (χ3v) is 5.46. The fourth-order valence-corrected chi connectivity index (χ4v) is 3.89. The van der Waals surface area contributed by atoms with Gasteiger partial charge >= 0.3 is 0 Å². The molecule has 1 atom stereocenters. The van der Waals surface area contributed by atoms with Gasteiger partial charge in [0.1, 0.15) is 0 Å². The van der Waals surface area contributed by atoms with Crippen LogP contribution in [0.4, 0.5) is 0 Å². The molecule has 1 saturated heterocycles. The van der Waals surface area contributed by atoms with Crippen LogP contribution >= 0.6 is 27.5 Å². The van der Waals surface area contributed by atoms with Crippen molar-refractivity contribution in [2.24, 2.45) is 0 Å². The molecule has 0 aromatic heterocycles. The first-order chi connectivity index (χ1) is 11.7. The molecule has 1 heterocycles. The van der Waals surface area contributed by atoms with Crippen LogP contribution in [0, 0.1) is 0 Å². The second-order valence-electron chi connectivity index (χ2n) is 5.97. The lowest BCUT2D eigenvalue weighted by atomic mass is 10.0. The van der Waals surface area contributed by atoms with E-state index >= 15 is 0 Å². The minimum absolute atomic E-state index is 0.0706. The summed E-state index contributed by atoms with van der Waals surface area (Å²) < 4.78 is 0.804. The van der Waals surface area contributed by atoms with Gasteiger partial charge in [0, 0.05) is 16.0 Å². The molecule has 1 N–H and O–H groups in total. The van der Waals surface area contributed by atoms with Crippen molar-refractivity contribution in [3.05, 3.63) is 69.2 Å². The topological polar surface area (TPSA) is 32.3 Å². The normalized spacial score (nSPS) is 16.1. The third-order valence-electron chi connectivity index (χ3n) is 4.42. The number of likely N-dealkylation sites (tertiary alicyclic amines) is 1. The minimum atomic E-state index is -0.0706. The Morgan fingerprint density at radius 1 is 1.12 bits per heavy atom. The first-order valence-corrected chi connectivity index (χ1v) is 9.35. The Labute approximate surface area is 156 Å². The van der Waals surface area contributed by atoms with Gasteiger partial charge in [0.05, 0.1) is 11.6 Å². The molecule has 1 aliphatic heterocycles. The van der Waals surface area contributed by atoms with E-state index in [0.717, 1.165) is 28.1 Å². The van der Waals surface area contributed by atoms with Gasteiger partial charge in [-0.15, -0.1) is 0 Å². The van der Waals surface area contributed by atoms with Gasteiger partial charge in [0.2, 0.25) is 0 Å². The molecule has 3 nitrogen and oxygen atoms in total. The number of halogens is 2. The number of carbonyl (C=O) groups excluding carboxylic acids is 1. The average molecular weight is 408 g/mol. The number of nitrogens with one attached hydrogen (secondary N) is 1. The molecule has 5 heteroatoms. The van der Waals surface area contributed by atoms with E-state index in [1.165, 1.54) is 12.8 Å². The number of amides is 1. The Hall–Kier alpha value is -1.36. The monoisotopic (exact) mass is 406 g/mol. The Kier molecular flexibility index (Phi) is 5.93. The molecule has 3 rings (SSSR count). The zero-order valence-corrected chi connectivity index (χ0v) is 15.7. The summed E-state index contributed by atoms with van der Waals surface area (Å²) in [6.07, 6.45) is 2.39. The van der Waals surface area contributed by atoms with Gasteiger partial charge in [0.25, 0.3) is 5.91 Å². The Morgan fingerprint density at radius 3 is 2.50 bits per heavy atom.